The molecule has 0 unspecified atom stereocenters. The molecular weight excluding hydrogens is 286 g/mol. The fourth-order valence-electron chi connectivity index (χ4n) is 1.97. The van der Waals surface area contributed by atoms with Crippen LogP contribution in [0, 0.1) is 20.8 Å². The summed E-state index contributed by atoms with van der Waals surface area (Å²) in [6.45, 7) is 5.86. The lowest BCUT2D eigenvalue weighted by Crippen LogP contribution is -2.20. The van der Waals surface area contributed by atoms with Gasteiger partial charge in [0, 0.05) is 10.7 Å². The van der Waals surface area contributed by atoms with Crippen molar-refractivity contribution in [3.8, 4) is 5.75 Å². The number of benzene rings is 2. The van der Waals surface area contributed by atoms with Crippen LogP contribution in [0.15, 0.2) is 36.4 Å². The maximum Gasteiger partial charge on any atom is 0.262 e. The molecule has 0 saturated heterocycles. The van der Waals surface area contributed by atoms with Crippen LogP contribution in [0.25, 0.3) is 0 Å². The first-order valence-corrected chi connectivity index (χ1v) is 7.09. The summed E-state index contributed by atoms with van der Waals surface area (Å²) in [7, 11) is 0. The summed E-state index contributed by atoms with van der Waals surface area (Å²) in [4.78, 5) is 11.9. The van der Waals surface area contributed by atoms with E-state index in [2.05, 4.69) is 5.32 Å². The molecule has 1 N–H and O–H groups in total. The summed E-state index contributed by atoms with van der Waals surface area (Å²) in [5.41, 5.74) is 3.82. The summed E-state index contributed by atoms with van der Waals surface area (Å²) < 4.78 is 5.53. The van der Waals surface area contributed by atoms with E-state index >= 15 is 0 Å². The first kappa shape index (κ1) is 15.4. The van der Waals surface area contributed by atoms with Gasteiger partial charge in [0.2, 0.25) is 0 Å². The van der Waals surface area contributed by atoms with E-state index in [0.717, 1.165) is 16.9 Å². The van der Waals surface area contributed by atoms with Crippen LogP contribution >= 0.6 is 11.6 Å². The van der Waals surface area contributed by atoms with E-state index in [1.54, 1.807) is 6.07 Å². The number of hydrogen-bond acceptors (Lipinski definition) is 2. The number of ether oxygens (including phenoxy) is 1. The van der Waals surface area contributed by atoms with Crippen LogP contribution in [0.2, 0.25) is 5.02 Å². The van der Waals surface area contributed by atoms with Gasteiger partial charge in [-0.25, -0.2) is 0 Å². The zero-order valence-corrected chi connectivity index (χ0v) is 13.1. The lowest BCUT2D eigenvalue weighted by Gasteiger charge is -2.10. The number of nitrogens with one attached hydrogen (secondary N) is 1. The Hall–Kier alpha value is -2.00. The highest BCUT2D eigenvalue weighted by molar-refractivity contribution is 6.31. The number of aryl methyl sites for hydroxylation is 3. The van der Waals surface area contributed by atoms with Gasteiger partial charge >= 0.3 is 0 Å². The van der Waals surface area contributed by atoms with E-state index < -0.39 is 0 Å². The van der Waals surface area contributed by atoms with Crippen LogP contribution in [0.4, 0.5) is 5.69 Å². The van der Waals surface area contributed by atoms with Gasteiger partial charge in [0.25, 0.3) is 5.91 Å². The van der Waals surface area contributed by atoms with Gasteiger partial charge < -0.3 is 10.1 Å². The number of amides is 1. The molecule has 2 aromatic rings. The molecule has 0 bridgehead atoms. The van der Waals surface area contributed by atoms with Gasteiger partial charge in [0.15, 0.2) is 6.61 Å². The van der Waals surface area contributed by atoms with Gasteiger partial charge in [-0.2, -0.15) is 0 Å². The highest BCUT2D eigenvalue weighted by Gasteiger charge is 2.06. The topological polar surface area (TPSA) is 38.3 Å². The molecule has 0 aliphatic heterocycles. The molecule has 0 fully saturated rings. The Kier molecular flexibility index (Phi) is 4.86. The third kappa shape index (κ3) is 4.23. The van der Waals surface area contributed by atoms with Gasteiger partial charge in [0.1, 0.15) is 5.75 Å². The van der Waals surface area contributed by atoms with Gasteiger partial charge in [-0.3, -0.25) is 4.79 Å². The summed E-state index contributed by atoms with van der Waals surface area (Å²) in [6.07, 6.45) is 0. The molecule has 0 spiro atoms. The second kappa shape index (κ2) is 6.64. The maximum absolute atomic E-state index is 11.9. The van der Waals surface area contributed by atoms with E-state index in [1.807, 2.05) is 51.1 Å². The number of hydrogen-bond donors (Lipinski definition) is 1. The summed E-state index contributed by atoms with van der Waals surface area (Å²) in [6, 6.07) is 11.3. The van der Waals surface area contributed by atoms with E-state index in [9.17, 15) is 4.79 Å². The average Bonchev–Trinajstić information content (AvgIpc) is 2.42. The second-order valence-corrected chi connectivity index (χ2v) is 5.48. The minimum Gasteiger partial charge on any atom is -0.483 e. The van der Waals surface area contributed by atoms with E-state index in [0.29, 0.717) is 10.7 Å². The number of carbonyl (C=O) groups excluding carboxylic acids is 1. The van der Waals surface area contributed by atoms with Gasteiger partial charge in [0.05, 0.1) is 0 Å². The van der Waals surface area contributed by atoms with Gasteiger partial charge in [-0.15, -0.1) is 0 Å². The third-order valence-corrected chi connectivity index (χ3v) is 3.55. The van der Waals surface area contributed by atoms with Crippen molar-refractivity contribution in [3.63, 3.8) is 0 Å². The SMILES string of the molecule is Cc1ccc(OCC(=O)Nc2ccc(C)c(Cl)c2)c(C)c1. The van der Waals surface area contributed by atoms with E-state index in [1.165, 1.54) is 5.56 Å². The van der Waals surface area contributed by atoms with E-state index in [-0.39, 0.29) is 12.5 Å². The van der Waals surface area contributed by atoms with Gasteiger partial charge in [-0.05, 0) is 50.1 Å². The van der Waals surface area contributed by atoms with Crippen molar-refractivity contribution in [2.24, 2.45) is 0 Å². The van der Waals surface area contributed by atoms with Crippen molar-refractivity contribution in [3.05, 3.63) is 58.1 Å². The largest absolute Gasteiger partial charge is 0.483 e. The van der Waals surface area contributed by atoms with Crippen molar-refractivity contribution >= 4 is 23.2 Å². The highest BCUT2D eigenvalue weighted by atomic mass is 35.5. The third-order valence-electron chi connectivity index (χ3n) is 3.14. The predicted octanol–water partition coefficient (Wildman–Crippen LogP) is 4.28. The predicted molar refractivity (Wildman–Crippen MR) is 86.2 cm³/mol. The molecule has 2 aromatic carbocycles. The fourth-order valence-corrected chi connectivity index (χ4v) is 2.15. The van der Waals surface area contributed by atoms with Crippen LogP contribution in [0.1, 0.15) is 16.7 Å². The normalized spacial score (nSPS) is 10.3. The Morgan fingerprint density at radius 1 is 1.10 bits per heavy atom. The molecule has 1 amide bonds. The molecule has 0 atom stereocenters. The molecule has 21 heavy (non-hydrogen) atoms. The van der Waals surface area contributed by atoms with Crippen LogP contribution in [-0.4, -0.2) is 12.5 Å². The van der Waals surface area contributed by atoms with E-state index in [4.69, 9.17) is 16.3 Å². The Labute approximate surface area is 129 Å². The molecule has 0 aliphatic carbocycles. The second-order valence-electron chi connectivity index (χ2n) is 5.07. The first-order chi connectivity index (χ1) is 9.95. The zero-order valence-electron chi connectivity index (χ0n) is 12.4. The standard InChI is InChI=1S/C17H18ClNO2/c1-11-4-7-16(13(3)8-11)21-10-17(20)19-14-6-5-12(2)15(18)9-14/h4-9H,10H2,1-3H3,(H,19,20). The highest BCUT2D eigenvalue weighted by Crippen LogP contribution is 2.21. The minimum atomic E-state index is -0.213. The molecular formula is C17H18ClNO2. The van der Waals surface area contributed by atoms with Crippen molar-refractivity contribution in [1.29, 1.82) is 0 Å². The molecule has 0 radical (unpaired) electrons. The molecule has 0 saturated carbocycles. The molecule has 2 rings (SSSR count). The van der Waals surface area contributed by atoms with Crippen LogP contribution in [0.3, 0.4) is 0 Å². The molecule has 3 nitrogen and oxygen atoms in total. The van der Waals surface area contributed by atoms with Crippen molar-refractivity contribution in [2.45, 2.75) is 20.8 Å². The van der Waals surface area contributed by atoms with Crippen LogP contribution in [0.5, 0.6) is 5.75 Å². The molecule has 110 valence electrons. The molecule has 4 heteroatoms. The maximum atomic E-state index is 11.9. The summed E-state index contributed by atoms with van der Waals surface area (Å²) in [5.74, 6) is 0.507. The Morgan fingerprint density at radius 3 is 2.52 bits per heavy atom. The van der Waals surface area contributed by atoms with Crippen molar-refractivity contribution in [2.75, 3.05) is 11.9 Å². The lowest BCUT2D eigenvalue weighted by molar-refractivity contribution is -0.118. The van der Waals surface area contributed by atoms with Gasteiger partial charge in [-0.1, -0.05) is 35.4 Å². The zero-order chi connectivity index (χ0) is 15.4. The Morgan fingerprint density at radius 2 is 1.86 bits per heavy atom. The fraction of sp³-hybridized carbons (Fsp3) is 0.235. The van der Waals surface area contributed by atoms with Crippen molar-refractivity contribution in [1.82, 2.24) is 0 Å². The minimum absolute atomic E-state index is 0.0323. The quantitative estimate of drug-likeness (QED) is 0.915. The van der Waals surface area contributed by atoms with Crippen LogP contribution < -0.4 is 10.1 Å². The smallest absolute Gasteiger partial charge is 0.262 e. The lowest BCUT2D eigenvalue weighted by atomic mass is 10.1. The number of rotatable bonds is 4. The Bertz CT molecular complexity index is 668. The molecule has 0 aromatic heterocycles. The molecule has 0 heterocycles. The first-order valence-electron chi connectivity index (χ1n) is 6.72. The summed E-state index contributed by atoms with van der Waals surface area (Å²) in [5, 5.41) is 3.39. The number of carbonyl (C=O) groups is 1. The number of anilines is 1. The number of halogens is 1. The van der Waals surface area contributed by atoms with Crippen LogP contribution in [-0.2, 0) is 4.79 Å². The van der Waals surface area contributed by atoms with Crippen molar-refractivity contribution < 1.29 is 9.53 Å². The monoisotopic (exact) mass is 303 g/mol. The summed E-state index contributed by atoms with van der Waals surface area (Å²) >= 11 is 6.02. The Balaban J connectivity index is 1.94. The average molecular weight is 304 g/mol. The molecule has 0 aliphatic rings.